The van der Waals surface area contributed by atoms with E-state index < -0.39 is 5.82 Å². The summed E-state index contributed by atoms with van der Waals surface area (Å²) in [6, 6.07) is 7.97. The van der Waals surface area contributed by atoms with Crippen molar-refractivity contribution >= 4 is 11.9 Å². The maximum absolute atomic E-state index is 14.4. The highest BCUT2D eigenvalue weighted by Crippen LogP contribution is 2.26. The van der Waals surface area contributed by atoms with Crippen molar-refractivity contribution in [2.75, 3.05) is 63.9 Å². The number of nitrogens with zero attached hydrogens (tertiary/aromatic N) is 6. The van der Waals surface area contributed by atoms with E-state index in [9.17, 15) is 9.18 Å². The van der Waals surface area contributed by atoms with E-state index in [4.69, 9.17) is 9.15 Å². The second-order valence-corrected chi connectivity index (χ2v) is 9.37. The summed E-state index contributed by atoms with van der Waals surface area (Å²) < 4.78 is 25.8. The molecule has 2 aliphatic heterocycles. The largest absolute Gasteiger partial charge is 0.430 e. The van der Waals surface area contributed by atoms with E-state index in [1.54, 1.807) is 30.6 Å². The summed E-state index contributed by atoms with van der Waals surface area (Å²) in [4.78, 5) is 33.1. The Morgan fingerprint density at radius 3 is 2.49 bits per heavy atom. The SMILES string of the molecule is CC(CN1CCN(c2ncccn2)CC1)NC(=O)c1oc(-c2ccccc2F)nc1CN1CCOCC1. The lowest BCUT2D eigenvalue weighted by Gasteiger charge is -2.35. The van der Waals surface area contributed by atoms with Crippen molar-refractivity contribution < 1.29 is 18.3 Å². The third-order valence-corrected chi connectivity index (χ3v) is 6.60. The second-order valence-electron chi connectivity index (χ2n) is 9.37. The molecule has 1 unspecified atom stereocenters. The van der Waals surface area contributed by atoms with E-state index in [1.165, 1.54) is 6.07 Å². The highest BCUT2D eigenvalue weighted by atomic mass is 19.1. The van der Waals surface area contributed by atoms with Crippen LogP contribution in [0.15, 0.2) is 47.1 Å². The first-order valence-corrected chi connectivity index (χ1v) is 12.7. The summed E-state index contributed by atoms with van der Waals surface area (Å²) in [5.41, 5.74) is 0.736. The van der Waals surface area contributed by atoms with Gasteiger partial charge >= 0.3 is 0 Å². The van der Waals surface area contributed by atoms with Gasteiger partial charge in [0, 0.05) is 70.8 Å². The Morgan fingerprint density at radius 2 is 1.76 bits per heavy atom. The Hall–Kier alpha value is -3.41. The molecule has 1 amide bonds. The molecule has 2 fully saturated rings. The van der Waals surface area contributed by atoms with Crippen LogP contribution in [0.2, 0.25) is 0 Å². The molecule has 0 aliphatic carbocycles. The monoisotopic (exact) mass is 509 g/mol. The molecule has 196 valence electrons. The van der Waals surface area contributed by atoms with Gasteiger partial charge in [0.25, 0.3) is 5.91 Å². The van der Waals surface area contributed by atoms with Gasteiger partial charge in [-0.1, -0.05) is 12.1 Å². The number of aromatic nitrogens is 3. The Bertz CT molecular complexity index is 1180. The van der Waals surface area contributed by atoms with Gasteiger partial charge in [-0.3, -0.25) is 14.6 Å². The lowest BCUT2D eigenvalue weighted by molar-refractivity contribution is 0.0334. The molecule has 0 bridgehead atoms. The predicted molar refractivity (Wildman–Crippen MR) is 136 cm³/mol. The van der Waals surface area contributed by atoms with Crippen LogP contribution in [-0.4, -0.2) is 95.7 Å². The number of morpholine rings is 1. The van der Waals surface area contributed by atoms with Crippen molar-refractivity contribution in [1.29, 1.82) is 0 Å². The zero-order chi connectivity index (χ0) is 25.6. The molecular formula is C26H32FN7O3. The number of carbonyl (C=O) groups is 1. The average molecular weight is 510 g/mol. The number of anilines is 1. The molecule has 37 heavy (non-hydrogen) atoms. The molecule has 1 atom stereocenters. The summed E-state index contributed by atoms with van der Waals surface area (Å²) in [5, 5.41) is 3.05. The van der Waals surface area contributed by atoms with Crippen LogP contribution in [0.1, 0.15) is 23.2 Å². The number of amides is 1. The third-order valence-electron chi connectivity index (χ3n) is 6.60. The number of hydrogen-bond acceptors (Lipinski definition) is 9. The van der Waals surface area contributed by atoms with Gasteiger partial charge in [0.1, 0.15) is 11.5 Å². The molecule has 10 nitrogen and oxygen atoms in total. The van der Waals surface area contributed by atoms with E-state index in [2.05, 4.69) is 35.0 Å². The topological polar surface area (TPSA) is 99.9 Å². The summed E-state index contributed by atoms with van der Waals surface area (Å²) in [7, 11) is 0. The molecule has 11 heteroatoms. The first-order valence-electron chi connectivity index (χ1n) is 12.7. The van der Waals surface area contributed by atoms with E-state index in [0.717, 1.165) is 45.2 Å². The highest BCUT2D eigenvalue weighted by molar-refractivity contribution is 5.93. The maximum atomic E-state index is 14.4. The van der Waals surface area contributed by atoms with Crippen LogP contribution in [0, 0.1) is 5.82 Å². The number of hydrogen-bond donors (Lipinski definition) is 1. The number of rotatable bonds is 8. The summed E-state index contributed by atoms with van der Waals surface area (Å²) in [6.07, 6.45) is 3.50. The molecule has 1 aromatic carbocycles. The fourth-order valence-corrected chi connectivity index (χ4v) is 4.66. The number of nitrogens with one attached hydrogen (secondary N) is 1. The zero-order valence-electron chi connectivity index (χ0n) is 21.0. The van der Waals surface area contributed by atoms with Crippen LogP contribution in [0.3, 0.4) is 0 Å². The molecule has 5 rings (SSSR count). The number of oxazole rings is 1. The fraction of sp³-hybridized carbons (Fsp3) is 0.462. The molecule has 4 heterocycles. The minimum Gasteiger partial charge on any atom is -0.430 e. The molecule has 2 aromatic heterocycles. The van der Waals surface area contributed by atoms with Crippen molar-refractivity contribution in [2.45, 2.75) is 19.5 Å². The van der Waals surface area contributed by atoms with Crippen molar-refractivity contribution in [3.8, 4) is 11.5 Å². The lowest BCUT2D eigenvalue weighted by Crippen LogP contribution is -2.51. The van der Waals surface area contributed by atoms with Crippen LogP contribution in [-0.2, 0) is 11.3 Å². The average Bonchev–Trinajstić information content (AvgIpc) is 3.34. The number of benzene rings is 1. The highest BCUT2D eigenvalue weighted by Gasteiger charge is 2.27. The van der Waals surface area contributed by atoms with Gasteiger partial charge in [0.15, 0.2) is 0 Å². The van der Waals surface area contributed by atoms with Crippen LogP contribution in [0.5, 0.6) is 0 Å². The minimum absolute atomic E-state index is 0.110. The lowest BCUT2D eigenvalue weighted by atomic mass is 10.2. The van der Waals surface area contributed by atoms with Gasteiger partial charge in [-0.05, 0) is 25.1 Å². The molecule has 2 aliphatic rings. The summed E-state index contributed by atoms with van der Waals surface area (Å²) in [6.45, 7) is 9.16. The first-order chi connectivity index (χ1) is 18.1. The Labute approximate surface area is 215 Å². The number of ether oxygens (including phenoxy) is 1. The zero-order valence-corrected chi connectivity index (χ0v) is 21.0. The minimum atomic E-state index is -0.443. The standard InChI is InChI=1S/C26H32FN7O3/c1-19(17-32-9-11-34(12-10-32)26-28-7-4-8-29-26)30-24(35)23-22(18-33-13-15-36-16-14-33)31-25(37-23)20-5-2-3-6-21(20)27/h2-8,19H,9-18H2,1H3,(H,30,35). The van der Waals surface area contributed by atoms with E-state index in [1.807, 2.05) is 13.0 Å². The van der Waals surface area contributed by atoms with Gasteiger partial charge < -0.3 is 19.4 Å². The van der Waals surface area contributed by atoms with Gasteiger partial charge in [-0.2, -0.15) is 0 Å². The van der Waals surface area contributed by atoms with Crippen molar-refractivity contribution in [3.05, 3.63) is 60.0 Å². The predicted octanol–water partition coefficient (Wildman–Crippen LogP) is 2.04. The number of halogens is 1. The van der Waals surface area contributed by atoms with E-state index in [0.29, 0.717) is 32.0 Å². The normalized spacial score (nSPS) is 18.1. The first kappa shape index (κ1) is 25.2. The van der Waals surface area contributed by atoms with Crippen LogP contribution in [0.25, 0.3) is 11.5 Å². The molecule has 0 radical (unpaired) electrons. The van der Waals surface area contributed by atoms with Crippen LogP contribution in [0.4, 0.5) is 10.3 Å². The van der Waals surface area contributed by atoms with Crippen molar-refractivity contribution in [3.63, 3.8) is 0 Å². The summed E-state index contributed by atoms with van der Waals surface area (Å²) >= 11 is 0. The smallest absolute Gasteiger partial charge is 0.289 e. The van der Waals surface area contributed by atoms with Gasteiger partial charge in [0.2, 0.25) is 17.6 Å². The molecule has 1 N–H and O–H groups in total. The third kappa shape index (κ3) is 6.30. The van der Waals surface area contributed by atoms with Crippen molar-refractivity contribution in [1.82, 2.24) is 30.1 Å². The van der Waals surface area contributed by atoms with Crippen molar-refractivity contribution in [2.24, 2.45) is 0 Å². The second kappa shape index (κ2) is 11.8. The summed E-state index contributed by atoms with van der Waals surface area (Å²) in [5.74, 6) is 0.192. The maximum Gasteiger partial charge on any atom is 0.289 e. The van der Waals surface area contributed by atoms with Gasteiger partial charge in [0.05, 0.1) is 18.8 Å². The Balaban J connectivity index is 1.23. The van der Waals surface area contributed by atoms with E-state index in [-0.39, 0.29) is 29.2 Å². The quantitative estimate of drug-likeness (QED) is 0.489. The van der Waals surface area contributed by atoms with Gasteiger partial charge in [-0.25, -0.2) is 19.3 Å². The number of carbonyl (C=O) groups excluding carboxylic acids is 1. The van der Waals surface area contributed by atoms with Gasteiger partial charge in [-0.15, -0.1) is 0 Å². The molecule has 0 saturated carbocycles. The van der Waals surface area contributed by atoms with Crippen LogP contribution >= 0.6 is 0 Å². The molecule has 3 aromatic rings. The Morgan fingerprint density at radius 1 is 1.03 bits per heavy atom. The van der Waals surface area contributed by atoms with Crippen LogP contribution < -0.4 is 10.2 Å². The number of piperazine rings is 1. The molecule has 2 saturated heterocycles. The Kier molecular flexibility index (Phi) is 8.02. The molecular weight excluding hydrogens is 477 g/mol. The molecule has 0 spiro atoms. The van der Waals surface area contributed by atoms with E-state index >= 15 is 0 Å². The fourth-order valence-electron chi connectivity index (χ4n) is 4.66.